The fourth-order valence-electron chi connectivity index (χ4n) is 4.06. The smallest absolute Gasteiger partial charge is 0.338 e. The van der Waals surface area contributed by atoms with E-state index in [1.54, 1.807) is 67.7 Å². The first-order valence-corrected chi connectivity index (χ1v) is 11.5. The maximum absolute atomic E-state index is 13.2. The second-order valence-corrected chi connectivity index (χ2v) is 8.38. The molecule has 0 spiro atoms. The van der Waals surface area contributed by atoms with Gasteiger partial charge in [-0.3, -0.25) is 14.6 Å². The average molecular weight is 507 g/mol. The Balaban J connectivity index is 1.79. The zero-order valence-electron chi connectivity index (χ0n) is 19.6. The molecule has 0 bridgehead atoms. The summed E-state index contributed by atoms with van der Waals surface area (Å²) in [7, 11) is 1.43. The largest absolute Gasteiger partial charge is 0.507 e. The van der Waals surface area contributed by atoms with Crippen LogP contribution in [0, 0.1) is 0 Å². The summed E-state index contributed by atoms with van der Waals surface area (Å²) < 4.78 is 10.3. The van der Waals surface area contributed by atoms with Crippen molar-refractivity contribution in [1.82, 2.24) is 9.88 Å². The first kappa shape index (κ1) is 24.9. The number of halogens is 1. The van der Waals surface area contributed by atoms with Gasteiger partial charge in [-0.2, -0.15) is 0 Å². The number of ketones is 1. The molecule has 1 N–H and O–H groups in total. The van der Waals surface area contributed by atoms with Crippen LogP contribution in [0.5, 0.6) is 5.75 Å². The van der Waals surface area contributed by atoms with E-state index in [-0.39, 0.29) is 30.0 Å². The molecule has 0 aliphatic carbocycles. The van der Waals surface area contributed by atoms with Crippen LogP contribution in [0.25, 0.3) is 5.76 Å². The van der Waals surface area contributed by atoms with Gasteiger partial charge in [0, 0.05) is 17.8 Å². The van der Waals surface area contributed by atoms with Gasteiger partial charge in [0.25, 0.3) is 11.7 Å². The topological polar surface area (TPSA) is 106 Å². The number of hydrogen-bond donors (Lipinski definition) is 1. The van der Waals surface area contributed by atoms with Crippen LogP contribution >= 0.6 is 11.6 Å². The van der Waals surface area contributed by atoms with Crippen LogP contribution in [0.3, 0.4) is 0 Å². The van der Waals surface area contributed by atoms with Crippen LogP contribution in [0.15, 0.2) is 72.4 Å². The Morgan fingerprint density at radius 1 is 1.11 bits per heavy atom. The molecule has 1 amide bonds. The highest BCUT2D eigenvalue weighted by molar-refractivity contribution is 6.46. The molecule has 1 fully saturated rings. The van der Waals surface area contributed by atoms with E-state index in [9.17, 15) is 19.5 Å². The van der Waals surface area contributed by atoms with Crippen LogP contribution < -0.4 is 4.74 Å². The predicted octanol–water partition coefficient (Wildman–Crippen LogP) is 4.54. The molecule has 0 radical (unpaired) electrons. The van der Waals surface area contributed by atoms with Gasteiger partial charge in [-0.05, 0) is 55.0 Å². The van der Waals surface area contributed by atoms with Crippen molar-refractivity contribution in [2.45, 2.75) is 19.5 Å². The zero-order chi connectivity index (χ0) is 25.8. The molecule has 2 heterocycles. The molecule has 1 saturated heterocycles. The van der Waals surface area contributed by atoms with E-state index in [2.05, 4.69) is 4.98 Å². The Labute approximate surface area is 212 Å². The van der Waals surface area contributed by atoms with Crippen molar-refractivity contribution in [1.29, 1.82) is 0 Å². The van der Waals surface area contributed by atoms with Crippen molar-refractivity contribution >= 4 is 35.0 Å². The van der Waals surface area contributed by atoms with E-state index >= 15 is 0 Å². The van der Waals surface area contributed by atoms with E-state index in [1.807, 2.05) is 0 Å². The van der Waals surface area contributed by atoms with E-state index in [0.29, 0.717) is 21.8 Å². The van der Waals surface area contributed by atoms with Crippen molar-refractivity contribution in [2.75, 3.05) is 13.7 Å². The number of aliphatic hydroxyl groups excluding tert-OH is 1. The van der Waals surface area contributed by atoms with E-state index < -0.39 is 29.5 Å². The van der Waals surface area contributed by atoms with Gasteiger partial charge >= 0.3 is 5.97 Å². The number of Topliss-reactive ketones (excluding diaryl/α,β-unsaturated/α-hetero) is 1. The molecule has 3 aromatic rings. The number of aromatic nitrogens is 1. The van der Waals surface area contributed by atoms with Gasteiger partial charge in [0.15, 0.2) is 0 Å². The number of nitrogens with zero attached hydrogens (tertiary/aromatic N) is 2. The number of carbonyl (C=O) groups is 3. The number of carbonyl (C=O) groups excluding carboxylic acids is 3. The second-order valence-electron chi connectivity index (χ2n) is 7.94. The minimum absolute atomic E-state index is 0.0401. The lowest BCUT2D eigenvalue weighted by Crippen LogP contribution is -2.29. The number of esters is 1. The van der Waals surface area contributed by atoms with Gasteiger partial charge < -0.3 is 19.5 Å². The minimum Gasteiger partial charge on any atom is -0.507 e. The Hall–Kier alpha value is -4.17. The quantitative estimate of drug-likeness (QED) is 0.217. The molecule has 0 saturated carbocycles. The van der Waals surface area contributed by atoms with E-state index in [4.69, 9.17) is 21.1 Å². The second kappa shape index (κ2) is 10.6. The number of rotatable bonds is 7. The lowest BCUT2D eigenvalue weighted by atomic mass is 9.97. The van der Waals surface area contributed by atoms with E-state index in [1.165, 1.54) is 18.1 Å². The third-order valence-corrected chi connectivity index (χ3v) is 5.98. The Morgan fingerprint density at radius 3 is 2.50 bits per heavy atom. The fraction of sp³-hybridized carbons (Fsp3) is 0.185. The molecule has 8 nitrogen and oxygen atoms in total. The average Bonchev–Trinajstić information content (AvgIpc) is 3.14. The molecule has 4 rings (SSSR count). The molecule has 1 atom stereocenters. The highest BCUT2D eigenvalue weighted by atomic mass is 35.5. The molecule has 184 valence electrons. The number of benzene rings is 2. The summed E-state index contributed by atoms with van der Waals surface area (Å²) in [5.74, 6) is -2.22. The van der Waals surface area contributed by atoms with Crippen LogP contribution in [-0.4, -0.2) is 46.4 Å². The third-order valence-electron chi connectivity index (χ3n) is 5.74. The van der Waals surface area contributed by atoms with Gasteiger partial charge in [0.05, 0.1) is 36.1 Å². The lowest BCUT2D eigenvalue weighted by molar-refractivity contribution is -0.140. The van der Waals surface area contributed by atoms with Crippen LogP contribution in [-0.2, 0) is 20.9 Å². The number of ether oxygens (including phenoxy) is 2. The number of aliphatic hydroxyl groups is 1. The SMILES string of the molecule is CCOC(=O)c1ccc(CN2C(=O)C(=O)/C(=C(/O)c3cc(Cl)ccc3OC)C2c2ccccn2)cc1. The van der Waals surface area contributed by atoms with Crippen molar-refractivity contribution < 1.29 is 29.0 Å². The van der Waals surface area contributed by atoms with Crippen molar-refractivity contribution in [3.63, 3.8) is 0 Å². The summed E-state index contributed by atoms with van der Waals surface area (Å²) in [6.45, 7) is 2.02. The monoisotopic (exact) mass is 506 g/mol. The number of hydrogen-bond acceptors (Lipinski definition) is 7. The van der Waals surface area contributed by atoms with Gasteiger partial charge in [-0.25, -0.2) is 4.79 Å². The first-order valence-electron chi connectivity index (χ1n) is 11.1. The fourth-order valence-corrected chi connectivity index (χ4v) is 4.23. The standard InChI is InChI=1S/C27H23ClN2O6/c1-3-36-27(34)17-9-7-16(8-10-17)15-30-23(20-6-4-5-13-29-20)22(25(32)26(30)33)24(31)19-14-18(28)11-12-21(19)35-2/h4-14,23,31H,3,15H2,1-2H3/b24-22+. The molecule has 9 heteroatoms. The molecule has 1 unspecified atom stereocenters. The van der Waals surface area contributed by atoms with Crippen LogP contribution in [0.2, 0.25) is 5.02 Å². The van der Waals surface area contributed by atoms with Crippen molar-refractivity contribution in [3.8, 4) is 5.75 Å². The molecular formula is C27H23ClN2O6. The number of pyridine rings is 1. The summed E-state index contributed by atoms with van der Waals surface area (Å²) in [5.41, 5.74) is 1.51. The number of amides is 1. The normalized spacial score (nSPS) is 16.8. The van der Waals surface area contributed by atoms with Gasteiger partial charge in [-0.15, -0.1) is 0 Å². The van der Waals surface area contributed by atoms with Crippen LogP contribution in [0.1, 0.15) is 40.1 Å². The zero-order valence-corrected chi connectivity index (χ0v) is 20.4. The maximum Gasteiger partial charge on any atom is 0.338 e. The summed E-state index contributed by atoms with van der Waals surface area (Å²) in [4.78, 5) is 44.1. The Bertz CT molecular complexity index is 1340. The van der Waals surface area contributed by atoms with E-state index in [0.717, 1.165) is 0 Å². The first-order chi connectivity index (χ1) is 17.3. The maximum atomic E-state index is 13.2. The molecule has 1 aliphatic rings. The molecular weight excluding hydrogens is 484 g/mol. The number of methoxy groups -OCH3 is 1. The number of likely N-dealkylation sites (tertiary alicyclic amines) is 1. The lowest BCUT2D eigenvalue weighted by Gasteiger charge is -2.24. The Kier molecular flexibility index (Phi) is 7.36. The van der Waals surface area contributed by atoms with Gasteiger partial charge in [0.1, 0.15) is 17.6 Å². The summed E-state index contributed by atoms with van der Waals surface area (Å²) in [6, 6.07) is 15.3. The van der Waals surface area contributed by atoms with Gasteiger partial charge in [-0.1, -0.05) is 29.8 Å². The molecule has 36 heavy (non-hydrogen) atoms. The van der Waals surface area contributed by atoms with Crippen molar-refractivity contribution in [3.05, 3.63) is 99.8 Å². The van der Waals surface area contributed by atoms with Gasteiger partial charge in [0.2, 0.25) is 0 Å². The molecule has 2 aromatic carbocycles. The highest BCUT2D eigenvalue weighted by Crippen LogP contribution is 2.41. The minimum atomic E-state index is -0.959. The third kappa shape index (κ3) is 4.81. The summed E-state index contributed by atoms with van der Waals surface area (Å²) >= 11 is 6.14. The summed E-state index contributed by atoms with van der Waals surface area (Å²) in [5, 5.41) is 11.6. The van der Waals surface area contributed by atoms with Crippen LogP contribution in [0.4, 0.5) is 0 Å². The summed E-state index contributed by atoms with van der Waals surface area (Å²) in [6.07, 6.45) is 1.55. The molecule has 1 aliphatic heterocycles. The predicted molar refractivity (Wildman–Crippen MR) is 132 cm³/mol. The van der Waals surface area contributed by atoms with Crippen molar-refractivity contribution in [2.24, 2.45) is 0 Å². The molecule has 1 aromatic heterocycles. The Morgan fingerprint density at radius 2 is 1.86 bits per heavy atom. The highest BCUT2D eigenvalue weighted by Gasteiger charge is 2.47.